The summed E-state index contributed by atoms with van der Waals surface area (Å²) in [7, 11) is 1.51. The standard InChI is InChI=1S/C16H13FN2O/c1-20-12-7-8-15(13(17)10-12)19-16-9-6-11-4-2-3-5-14(11)18-16/h2-10H,1H3,(H,18,19). The molecule has 0 spiro atoms. The summed E-state index contributed by atoms with van der Waals surface area (Å²) in [5, 5.41) is 4.02. The van der Waals surface area contributed by atoms with E-state index in [1.54, 1.807) is 12.1 Å². The van der Waals surface area contributed by atoms with Gasteiger partial charge in [-0.2, -0.15) is 0 Å². The molecule has 3 aromatic rings. The van der Waals surface area contributed by atoms with Crippen molar-refractivity contribution in [3.63, 3.8) is 0 Å². The van der Waals surface area contributed by atoms with Crippen LogP contribution in [0.5, 0.6) is 5.75 Å². The topological polar surface area (TPSA) is 34.1 Å². The van der Waals surface area contributed by atoms with Crippen molar-refractivity contribution < 1.29 is 9.13 Å². The third-order valence-electron chi connectivity index (χ3n) is 3.04. The Morgan fingerprint density at radius 2 is 1.90 bits per heavy atom. The normalized spacial score (nSPS) is 10.5. The number of pyridine rings is 1. The minimum Gasteiger partial charge on any atom is -0.497 e. The Morgan fingerprint density at radius 1 is 1.05 bits per heavy atom. The summed E-state index contributed by atoms with van der Waals surface area (Å²) in [5.74, 6) is 0.714. The fourth-order valence-electron chi connectivity index (χ4n) is 2.00. The maximum absolute atomic E-state index is 13.9. The Labute approximate surface area is 116 Å². The van der Waals surface area contributed by atoms with Crippen molar-refractivity contribution in [2.24, 2.45) is 0 Å². The van der Waals surface area contributed by atoms with E-state index in [9.17, 15) is 4.39 Å². The highest BCUT2D eigenvalue weighted by Gasteiger charge is 2.05. The summed E-state index contributed by atoms with van der Waals surface area (Å²) in [5.41, 5.74) is 1.24. The highest BCUT2D eigenvalue weighted by atomic mass is 19.1. The zero-order valence-corrected chi connectivity index (χ0v) is 10.9. The van der Waals surface area contributed by atoms with Gasteiger partial charge in [0.05, 0.1) is 18.3 Å². The first-order valence-corrected chi connectivity index (χ1v) is 6.22. The van der Waals surface area contributed by atoms with Crippen molar-refractivity contribution in [1.29, 1.82) is 0 Å². The second-order valence-electron chi connectivity index (χ2n) is 4.36. The molecule has 0 bridgehead atoms. The molecule has 0 aliphatic heterocycles. The van der Waals surface area contributed by atoms with Crippen molar-refractivity contribution >= 4 is 22.4 Å². The minimum atomic E-state index is -0.376. The lowest BCUT2D eigenvalue weighted by molar-refractivity contribution is 0.411. The molecule has 0 fully saturated rings. The molecule has 0 saturated heterocycles. The van der Waals surface area contributed by atoms with Gasteiger partial charge in [0, 0.05) is 11.5 Å². The predicted molar refractivity (Wildman–Crippen MR) is 78.0 cm³/mol. The molecule has 0 atom stereocenters. The number of nitrogens with zero attached hydrogens (tertiary/aromatic N) is 1. The number of anilines is 2. The first kappa shape index (κ1) is 12.4. The Hall–Kier alpha value is -2.62. The number of rotatable bonds is 3. The van der Waals surface area contributed by atoms with Crippen molar-refractivity contribution in [3.8, 4) is 5.75 Å². The van der Waals surface area contributed by atoms with E-state index in [0.29, 0.717) is 17.3 Å². The van der Waals surface area contributed by atoms with Gasteiger partial charge in [0.25, 0.3) is 0 Å². The number of benzene rings is 2. The molecule has 2 aromatic carbocycles. The van der Waals surface area contributed by atoms with Gasteiger partial charge in [0.15, 0.2) is 0 Å². The van der Waals surface area contributed by atoms with E-state index in [-0.39, 0.29) is 5.82 Å². The molecule has 4 heteroatoms. The molecular weight excluding hydrogens is 255 g/mol. The fraction of sp³-hybridized carbons (Fsp3) is 0.0625. The van der Waals surface area contributed by atoms with Crippen LogP contribution in [0.3, 0.4) is 0 Å². The molecule has 1 N–H and O–H groups in total. The average molecular weight is 268 g/mol. The van der Waals surface area contributed by atoms with Crippen LogP contribution in [0.2, 0.25) is 0 Å². The number of halogens is 1. The van der Waals surface area contributed by atoms with Crippen LogP contribution in [0.1, 0.15) is 0 Å². The van der Waals surface area contributed by atoms with Gasteiger partial charge in [-0.15, -0.1) is 0 Å². The van der Waals surface area contributed by atoms with Crippen molar-refractivity contribution in [1.82, 2.24) is 4.98 Å². The molecule has 100 valence electrons. The first-order chi connectivity index (χ1) is 9.76. The maximum atomic E-state index is 13.9. The van der Waals surface area contributed by atoms with Crippen LogP contribution in [-0.4, -0.2) is 12.1 Å². The number of ether oxygens (including phenoxy) is 1. The van der Waals surface area contributed by atoms with E-state index in [2.05, 4.69) is 10.3 Å². The molecule has 0 amide bonds. The highest BCUT2D eigenvalue weighted by Crippen LogP contribution is 2.24. The summed E-state index contributed by atoms with van der Waals surface area (Å²) < 4.78 is 18.8. The van der Waals surface area contributed by atoms with Crippen LogP contribution in [-0.2, 0) is 0 Å². The molecule has 3 rings (SSSR count). The van der Waals surface area contributed by atoms with Crippen LogP contribution in [0, 0.1) is 5.82 Å². The Kier molecular flexibility index (Phi) is 3.21. The number of methoxy groups -OCH3 is 1. The second kappa shape index (κ2) is 5.17. The third-order valence-corrected chi connectivity index (χ3v) is 3.04. The number of hydrogen-bond donors (Lipinski definition) is 1. The SMILES string of the molecule is COc1ccc(Nc2ccc3ccccc3n2)c(F)c1. The largest absolute Gasteiger partial charge is 0.497 e. The molecule has 3 nitrogen and oxygen atoms in total. The van der Waals surface area contributed by atoms with Crippen molar-refractivity contribution in [2.45, 2.75) is 0 Å². The molecule has 1 aromatic heterocycles. The van der Waals surface area contributed by atoms with E-state index in [0.717, 1.165) is 10.9 Å². The van der Waals surface area contributed by atoms with Crippen molar-refractivity contribution in [3.05, 3.63) is 60.4 Å². The minimum absolute atomic E-state index is 0.369. The van der Waals surface area contributed by atoms with Gasteiger partial charge >= 0.3 is 0 Å². The van der Waals surface area contributed by atoms with E-state index < -0.39 is 0 Å². The summed E-state index contributed by atoms with van der Waals surface area (Å²) in [6.45, 7) is 0. The highest BCUT2D eigenvalue weighted by molar-refractivity contribution is 5.80. The van der Waals surface area contributed by atoms with Crippen LogP contribution < -0.4 is 10.1 Å². The van der Waals surface area contributed by atoms with Gasteiger partial charge in [-0.25, -0.2) is 9.37 Å². The quantitative estimate of drug-likeness (QED) is 0.775. The van der Waals surface area contributed by atoms with E-state index >= 15 is 0 Å². The lowest BCUT2D eigenvalue weighted by Crippen LogP contribution is -1.97. The fourth-order valence-corrected chi connectivity index (χ4v) is 2.00. The van der Waals surface area contributed by atoms with Crippen molar-refractivity contribution in [2.75, 3.05) is 12.4 Å². The van der Waals surface area contributed by atoms with Gasteiger partial charge in [0.1, 0.15) is 17.4 Å². The van der Waals surface area contributed by atoms with E-state index in [1.807, 2.05) is 36.4 Å². The van der Waals surface area contributed by atoms with Crippen LogP contribution in [0.15, 0.2) is 54.6 Å². The molecule has 0 radical (unpaired) electrons. The second-order valence-corrected chi connectivity index (χ2v) is 4.36. The number of aromatic nitrogens is 1. The smallest absolute Gasteiger partial charge is 0.150 e. The van der Waals surface area contributed by atoms with Crippen LogP contribution >= 0.6 is 0 Å². The third kappa shape index (κ3) is 2.40. The molecule has 0 saturated carbocycles. The summed E-state index contributed by atoms with van der Waals surface area (Å²) in [6.07, 6.45) is 0. The maximum Gasteiger partial charge on any atom is 0.150 e. The van der Waals surface area contributed by atoms with Gasteiger partial charge in [-0.1, -0.05) is 18.2 Å². The van der Waals surface area contributed by atoms with E-state index in [1.165, 1.54) is 13.2 Å². The monoisotopic (exact) mass is 268 g/mol. The molecule has 0 unspecified atom stereocenters. The zero-order valence-electron chi connectivity index (χ0n) is 10.9. The number of nitrogens with one attached hydrogen (secondary N) is 1. The molecule has 0 aliphatic carbocycles. The van der Waals surface area contributed by atoms with Gasteiger partial charge in [0.2, 0.25) is 0 Å². The lowest BCUT2D eigenvalue weighted by Gasteiger charge is -2.09. The predicted octanol–water partition coefficient (Wildman–Crippen LogP) is 4.13. The summed E-state index contributed by atoms with van der Waals surface area (Å²) in [4.78, 5) is 4.45. The van der Waals surface area contributed by atoms with Gasteiger partial charge in [-0.05, 0) is 30.3 Å². The molecular formula is C16H13FN2O. The lowest BCUT2D eigenvalue weighted by atomic mass is 10.2. The Balaban J connectivity index is 1.92. The van der Waals surface area contributed by atoms with Crippen LogP contribution in [0.4, 0.5) is 15.9 Å². The molecule has 0 aliphatic rings. The Bertz CT molecular complexity index is 758. The van der Waals surface area contributed by atoms with Gasteiger partial charge < -0.3 is 10.1 Å². The molecule has 20 heavy (non-hydrogen) atoms. The number of hydrogen-bond acceptors (Lipinski definition) is 3. The van der Waals surface area contributed by atoms with E-state index in [4.69, 9.17) is 4.74 Å². The number of fused-ring (bicyclic) bond motifs is 1. The summed E-state index contributed by atoms with van der Waals surface area (Å²) in [6, 6.07) is 16.2. The first-order valence-electron chi connectivity index (χ1n) is 6.22. The summed E-state index contributed by atoms with van der Waals surface area (Å²) >= 11 is 0. The Morgan fingerprint density at radius 3 is 2.70 bits per heavy atom. The zero-order chi connectivity index (χ0) is 13.9. The molecule has 1 heterocycles. The average Bonchev–Trinajstić information content (AvgIpc) is 2.49. The number of para-hydroxylation sites is 1. The van der Waals surface area contributed by atoms with Crippen LogP contribution in [0.25, 0.3) is 10.9 Å². The van der Waals surface area contributed by atoms with Gasteiger partial charge in [-0.3, -0.25) is 0 Å².